The second-order valence-electron chi connectivity index (χ2n) is 6.52. The first-order valence-corrected chi connectivity index (χ1v) is 8.53. The van der Waals surface area contributed by atoms with Crippen LogP contribution in [0.15, 0.2) is 29.6 Å². The summed E-state index contributed by atoms with van der Waals surface area (Å²) in [5.41, 5.74) is 8.46. The van der Waals surface area contributed by atoms with Gasteiger partial charge >= 0.3 is 0 Å². The summed E-state index contributed by atoms with van der Waals surface area (Å²) in [6.07, 6.45) is 1.88. The second-order valence-corrected chi connectivity index (χ2v) is 7.90. The van der Waals surface area contributed by atoms with Gasteiger partial charge in [0.2, 0.25) is 0 Å². The van der Waals surface area contributed by atoms with Crippen LogP contribution in [0.5, 0.6) is 0 Å². The molecule has 1 unspecified atom stereocenters. The van der Waals surface area contributed by atoms with Crippen molar-refractivity contribution < 1.29 is 0 Å². The summed E-state index contributed by atoms with van der Waals surface area (Å²) in [5, 5.41) is 4.13. The number of nitrogens with two attached hydrogens (primary N) is 1. The maximum Gasteiger partial charge on any atom is 0.0931 e. The molecule has 0 aliphatic rings. The lowest BCUT2D eigenvalue weighted by Crippen LogP contribution is -2.19. The molecule has 0 bridgehead atoms. The molecule has 2 aromatic rings. The summed E-state index contributed by atoms with van der Waals surface area (Å²) in [4.78, 5) is 4.77. The first-order valence-electron chi connectivity index (χ1n) is 7.28. The van der Waals surface area contributed by atoms with Crippen molar-refractivity contribution in [2.75, 3.05) is 6.54 Å². The van der Waals surface area contributed by atoms with Crippen LogP contribution in [0.3, 0.4) is 0 Å². The quantitative estimate of drug-likeness (QED) is 0.883. The summed E-state index contributed by atoms with van der Waals surface area (Å²) in [7, 11) is 0. The van der Waals surface area contributed by atoms with Crippen molar-refractivity contribution in [2.45, 2.75) is 39.0 Å². The maximum atomic E-state index is 6.04. The van der Waals surface area contributed by atoms with E-state index in [1.807, 2.05) is 18.2 Å². The van der Waals surface area contributed by atoms with E-state index >= 15 is 0 Å². The van der Waals surface area contributed by atoms with Crippen molar-refractivity contribution in [2.24, 2.45) is 11.7 Å². The molecule has 0 radical (unpaired) electrons. The summed E-state index contributed by atoms with van der Waals surface area (Å²) in [6.45, 7) is 7.24. The van der Waals surface area contributed by atoms with Crippen LogP contribution in [-0.4, -0.2) is 11.5 Å². The molecule has 0 saturated heterocycles. The minimum atomic E-state index is 0.111. The summed E-state index contributed by atoms with van der Waals surface area (Å²) >= 11 is 7.78. The molecule has 0 aliphatic carbocycles. The predicted octanol–water partition coefficient (Wildman–Crippen LogP) is 4.45. The lowest BCUT2D eigenvalue weighted by Gasteiger charge is -2.15. The fourth-order valence-electron chi connectivity index (χ4n) is 2.23. The van der Waals surface area contributed by atoms with Gasteiger partial charge in [0.05, 0.1) is 10.7 Å². The average molecular weight is 323 g/mol. The van der Waals surface area contributed by atoms with Gasteiger partial charge in [0.1, 0.15) is 0 Å². The molecule has 0 amide bonds. The molecule has 1 heterocycles. The van der Waals surface area contributed by atoms with Gasteiger partial charge in [0.25, 0.3) is 0 Å². The summed E-state index contributed by atoms with van der Waals surface area (Å²) in [6, 6.07) is 8.02. The molecule has 1 aromatic carbocycles. The Morgan fingerprint density at radius 1 is 1.29 bits per heavy atom. The molecule has 0 fully saturated rings. The van der Waals surface area contributed by atoms with Gasteiger partial charge in [-0.15, -0.1) is 11.3 Å². The molecule has 21 heavy (non-hydrogen) atoms. The Balaban J connectivity index is 2.04. The van der Waals surface area contributed by atoms with Crippen molar-refractivity contribution in [3.63, 3.8) is 0 Å². The molecule has 0 spiro atoms. The molecule has 0 aliphatic heterocycles. The lowest BCUT2D eigenvalue weighted by molar-refractivity contribution is 0.525. The van der Waals surface area contributed by atoms with Gasteiger partial charge in [0.15, 0.2) is 0 Å². The highest BCUT2D eigenvalue weighted by Gasteiger charge is 2.19. The van der Waals surface area contributed by atoms with Gasteiger partial charge in [-0.2, -0.15) is 0 Å². The van der Waals surface area contributed by atoms with E-state index in [0.29, 0.717) is 12.5 Å². The Bertz CT molecular complexity index is 586. The van der Waals surface area contributed by atoms with Crippen molar-refractivity contribution in [3.05, 3.63) is 50.9 Å². The van der Waals surface area contributed by atoms with Crippen molar-refractivity contribution in [1.82, 2.24) is 4.98 Å². The van der Waals surface area contributed by atoms with Gasteiger partial charge in [-0.1, -0.05) is 44.5 Å². The minimum Gasteiger partial charge on any atom is -0.330 e. The van der Waals surface area contributed by atoms with Gasteiger partial charge in [0, 0.05) is 22.2 Å². The average Bonchev–Trinajstić information content (AvgIpc) is 2.86. The van der Waals surface area contributed by atoms with E-state index in [-0.39, 0.29) is 5.41 Å². The first-order chi connectivity index (χ1) is 9.88. The Hall–Kier alpha value is -0.900. The molecule has 114 valence electrons. The maximum absolute atomic E-state index is 6.04. The monoisotopic (exact) mass is 322 g/mol. The van der Waals surface area contributed by atoms with E-state index in [4.69, 9.17) is 22.3 Å². The number of halogens is 1. The third kappa shape index (κ3) is 4.80. The fraction of sp³-hybridized carbons (Fsp3) is 0.471. The molecule has 4 heteroatoms. The number of hydrogen-bond donors (Lipinski definition) is 1. The molecular weight excluding hydrogens is 300 g/mol. The topological polar surface area (TPSA) is 38.9 Å². The molecule has 0 saturated carbocycles. The van der Waals surface area contributed by atoms with Crippen molar-refractivity contribution >= 4 is 22.9 Å². The standard InChI is InChI=1S/C17H23ClN2S/c1-17(2,3)15-11-21-16(20-15)9-13(10-19)7-12-5-4-6-14(18)8-12/h4-6,8,11,13H,7,9-10,19H2,1-3H3. The third-order valence-electron chi connectivity index (χ3n) is 3.53. The van der Waals surface area contributed by atoms with Crippen molar-refractivity contribution in [1.29, 1.82) is 0 Å². The highest BCUT2D eigenvalue weighted by atomic mass is 35.5. The van der Waals surface area contributed by atoms with E-state index in [9.17, 15) is 0 Å². The van der Waals surface area contributed by atoms with Gasteiger partial charge in [-0.05, 0) is 36.6 Å². The summed E-state index contributed by atoms with van der Waals surface area (Å²) in [5.74, 6) is 0.405. The van der Waals surface area contributed by atoms with Crippen LogP contribution < -0.4 is 5.73 Å². The molecule has 2 N–H and O–H groups in total. The molecular formula is C17H23ClN2S. The number of thiazole rings is 1. The zero-order chi connectivity index (χ0) is 15.5. The van der Waals surface area contributed by atoms with Crippen LogP contribution in [0.1, 0.15) is 37.0 Å². The molecule has 2 rings (SSSR count). The van der Waals surface area contributed by atoms with Crippen LogP contribution in [0.2, 0.25) is 5.02 Å². The lowest BCUT2D eigenvalue weighted by atomic mass is 9.93. The molecule has 1 atom stereocenters. The number of hydrogen-bond acceptors (Lipinski definition) is 3. The number of nitrogens with zero attached hydrogens (tertiary/aromatic N) is 1. The first kappa shape index (κ1) is 16.5. The molecule has 1 aromatic heterocycles. The SMILES string of the molecule is CC(C)(C)c1csc(CC(CN)Cc2cccc(Cl)c2)n1. The van der Waals surface area contributed by atoms with Crippen LogP contribution in [0.4, 0.5) is 0 Å². The van der Waals surface area contributed by atoms with E-state index in [1.165, 1.54) is 16.3 Å². The van der Waals surface area contributed by atoms with E-state index in [2.05, 4.69) is 32.2 Å². The largest absolute Gasteiger partial charge is 0.330 e. The fourth-order valence-corrected chi connectivity index (χ4v) is 3.58. The van der Waals surface area contributed by atoms with E-state index in [1.54, 1.807) is 11.3 Å². The number of benzene rings is 1. The van der Waals surface area contributed by atoms with Crippen LogP contribution in [0, 0.1) is 5.92 Å². The van der Waals surface area contributed by atoms with Crippen LogP contribution in [-0.2, 0) is 18.3 Å². The Kier molecular flexibility index (Phi) is 5.42. The Morgan fingerprint density at radius 3 is 2.62 bits per heavy atom. The van der Waals surface area contributed by atoms with Gasteiger partial charge in [-0.3, -0.25) is 0 Å². The highest BCUT2D eigenvalue weighted by molar-refractivity contribution is 7.09. The zero-order valence-electron chi connectivity index (χ0n) is 12.9. The Labute approximate surface area is 136 Å². The van der Waals surface area contributed by atoms with Crippen LogP contribution in [0.25, 0.3) is 0 Å². The number of rotatable bonds is 5. The second kappa shape index (κ2) is 6.91. The number of aromatic nitrogens is 1. The minimum absolute atomic E-state index is 0.111. The summed E-state index contributed by atoms with van der Waals surface area (Å²) < 4.78 is 0. The van der Waals surface area contributed by atoms with E-state index < -0.39 is 0 Å². The third-order valence-corrected chi connectivity index (χ3v) is 4.64. The zero-order valence-corrected chi connectivity index (χ0v) is 14.5. The van der Waals surface area contributed by atoms with Crippen molar-refractivity contribution in [3.8, 4) is 0 Å². The smallest absolute Gasteiger partial charge is 0.0931 e. The van der Waals surface area contributed by atoms with E-state index in [0.717, 1.165) is 17.9 Å². The van der Waals surface area contributed by atoms with Gasteiger partial charge in [-0.25, -0.2) is 4.98 Å². The predicted molar refractivity (Wildman–Crippen MR) is 92.2 cm³/mol. The van der Waals surface area contributed by atoms with Crippen LogP contribution >= 0.6 is 22.9 Å². The molecule has 2 nitrogen and oxygen atoms in total. The highest BCUT2D eigenvalue weighted by Crippen LogP contribution is 2.26. The Morgan fingerprint density at radius 2 is 2.05 bits per heavy atom. The normalized spacial score (nSPS) is 13.4. The van der Waals surface area contributed by atoms with Gasteiger partial charge < -0.3 is 5.73 Å².